The van der Waals surface area contributed by atoms with Crippen LogP contribution in [0.1, 0.15) is 37.6 Å². The molecular weight excluding hydrogens is 308 g/mol. The number of carbonyl (C=O) groups is 2. The Kier molecular flexibility index (Phi) is 5.49. The van der Waals surface area contributed by atoms with Crippen LogP contribution in [0, 0.1) is 5.41 Å². The minimum absolute atomic E-state index is 0.0887. The Bertz CT molecular complexity index is 615. The van der Waals surface area contributed by atoms with Crippen molar-refractivity contribution in [1.82, 2.24) is 4.90 Å². The highest BCUT2D eigenvalue weighted by atomic mass is 16.5. The smallest absolute Gasteiger partial charge is 0.257 e. The Hall–Kier alpha value is -2.08. The first kappa shape index (κ1) is 18.3. The Labute approximate surface area is 142 Å². The molecule has 2 atom stereocenters. The fourth-order valence-corrected chi connectivity index (χ4v) is 3.26. The van der Waals surface area contributed by atoms with E-state index in [1.807, 2.05) is 6.92 Å². The molecule has 1 aromatic carbocycles. The van der Waals surface area contributed by atoms with Crippen molar-refractivity contribution in [2.45, 2.75) is 39.3 Å². The fraction of sp³-hybridized carbons (Fsp3) is 0.556. The molecule has 0 aromatic heterocycles. The molecular formula is C18H26N2O4. The van der Waals surface area contributed by atoms with Gasteiger partial charge in [-0.1, -0.05) is 26.0 Å². The first-order valence-corrected chi connectivity index (χ1v) is 8.17. The predicted molar refractivity (Wildman–Crippen MR) is 90.8 cm³/mol. The van der Waals surface area contributed by atoms with Gasteiger partial charge in [0, 0.05) is 25.1 Å². The van der Waals surface area contributed by atoms with Crippen LogP contribution in [0.4, 0.5) is 0 Å². The van der Waals surface area contributed by atoms with Crippen molar-refractivity contribution in [3.05, 3.63) is 29.8 Å². The topological polar surface area (TPSA) is 81.9 Å². The Morgan fingerprint density at radius 2 is 2.00 bits per heavy atom. The van der Waals surface area contributed by atoms with Gasteiger partial charge in [-0.05, 0) is 25.5 Å². The molecule has 0 heterocycles. The summed E-state index contributed by atoms with van der Waals surface area (Å²) in [6, 6.07) is 6.98. The molecule has 0 saturated heterocycles. The summed E-state index contributed by atoms with van der Waals surface area (Å²) in [7, 11) is 1.79. The van der Waals surface area contributed by atoms with E-state index in [2.05, 4.69) is 13.8 Å². The van der Waals surface area contributed by atoms with E-state index < -0.39 is 5.91 Å². The summed E-state index contributed by atoms with van der Waals surface area (Å²) < 4.78 is 11.1. The Balaban J connectivity index is 2.13. The van der Waals surface area contributed by atoms with Gasteiger partial charge < -0.3 is 20.1 Å². The number of amides is 2. The molecule has 24 heavy (non-hydrogen) atoms. The second kappa shape index (κ2) is 7.21. The highest BCUT2D eigenvalue weighted by Crippen LogP contribution is 2.45. The van der Waals surface area contributed by atoms with Crippen LogP contribution in [0.3, 0.4) is 0 Å². The summed E-state index contributed by atoms with van der Waals surface area (Å²) in [5.41, 5.74) is 5.43. The van der Waals surface area contributed by atoms with E-state index in [-0.39, 0.29) is 30.1 Å². The van der Waals surface area contributed by atoms with E-state index in [4.69, 9.17) is 15.2 Å². The summed E-state index contributed by atoms with van der Waals surface area (Å²) in [5, 5.41) is 0. The molecule has 0 radical (unpaired) electrons. The third-order valence-electron chi connectivity index (χ3n) is 4.77. The van der Waals surface area contributed by atoms with Crippen molar-refractivity contribution >= 4 is 11.8 Å². The average Bonchev–Trinajstić information content (AvgIpc) is 2.55. The number of primary amides is 1. The standard InChI is InChI=1S/C18H26N2O4/c1-5-23-15-10-14(18(15,2)3)20(4)17(22)12-8-6-7-9-13(12)24-11-16(19)21/h6-9,14-15H,5,10-11H2,1-4H3,(H2,19,21). The van der Waals surface area contributed by atoms with Gasteiger partial charge in [-0.15, -0.1) is 0 Å². The molecule has 1 fully saturated rings. The van der Waals surface area contributed by atoms with Gasteiger partial charge in [-0.25, -0.2) is 0 Å². The van der Waals surface area contributed by atoms with E-state index in [9.17, 15) is 9.59 Å². The molecule has 1 aromatic rings. The number of rotatable bonds is 7. The first-order chi connectivity index (χ1) is 11.3. The van der Waals surface area contributed by atoms with Crippen LogP contribution in [-0.4, -0.2) is 49.1 Å². The number of benzene rings is 1. The van der Waals surface area contributed by atoms with Crippen molar-refractivity contribution in [3.63, 3.8) is 0 Å². The van der Waals surface area contributed by atoms with Crippen LogP contribution in [-0.2, 0) is 9.53 Å². The van der Waals surface area contributed by atoms with Crippen molar-refractivity contribution in [2.24, 2.45) is 11.1 Å². The maximum atomic E-state index is 12.9. The van der Waals surface area contributed by atoms with E-state index in [0.29, 0.717) is 17.9 Å². The quantitative estimate of drug-likeness (QED) is 0.825. The average molecular weight is 334 g/mol. The van der Waals surface area contributed by atoms with Crippen molar-refractivity contribution in [1.29, 1.82) is 0 Å². The van der Waals surface area contributed by atoms with E-state index >= 15 is 0 Å². The molecule has 0 aliphatic heterocycles. The summed E-state index contributed by atoms with van der Waals surface area (Å²) >= 11 is 0. The normalized spacial score (nSPS) is 21.7. The number of nitrogens with two attached hydrogens (primary N) is 1. The summed E-state index contributed by atoms with van der Waals surface area (Å²) in [4.78, 5) is 25.5. The van der Waals surface area contributed by atoms with Gasteiger partial charge in [-0.3, -0.25) is 9.59 Å². The number of para-hydroxylation sites is 1. The van der Waals surface area contributed by atoms with Gasteiger partial charge in [0.15, 0.2) is 6.61 Å². The van der Waals surface area contributed by atoms with Gasteiger partial charge in [0.2, 0.25) is 0 Å². The third-order valence-corrected chi connectivity index (χ3v) is 4.77. The molecule has 1 aliphatic carbocycles. The molecule has 2 unspecified atom stereocenters. The van der Waals surface area contributed by atoms with Crippen LogP contribution in [0.25, 0.3) is 0 Å². The lowest BCUT2D eigenvalue weighted by atomic mass is 9.63. The van der Waals surface area contributed by atoms with Gasteiger partial charge in [-0.2, -0.15) is 0 Å². The lowest BCUT2D eigenvalue weighted by Crippen LogP contribution is -2.62. The second-order valence-electron chi connectivity index (χ2n) is 6.68. The SMILES string of the molecule is CCOC1CC(N(C)C(=O)c2ccccc2OCC(N)=O)C1(C)C. The second-order valence-corrected chi connectivity index (χ2v) is 6.68. The maximum Gasteiger partial charge on any atom is 0.257 e. The minimum atomic E-state index is -0.578. The number of ether oxygens (including phenoxy) is 2. The van der Waals surface area contributed by atoms with Crippen LogP contribution >= 0.6 is 0 Å². The fourth-order valence-electron chi connectivity index (χ4n) is 3.26. The summed E-state index contributed by atoms with van der Waals surface area (Å²) in [6.07, 6.45) is 0.969. The molecule has 2 rings (SSSR count). The monoisotopic (exact) mass is 334 g/mol. The molecule has 0 spiro atoms. The van der Waals surface area contributed by atoms with Gasteiger partial charge in [0.25, 0.3) is 11.8 Å². The number of carbonyl (C=O) groups excluding carboxylic acids is 2. The zero-order valence-corrected chi connectivity index (χ0v) is 14.7. The van der Waals surface area contributed by atoms with Crippen LogP contribution in [0.5, 0.6) is 5.75 Å². The molecule has 1 aliphatic rings. The zero-order chi connectivity index (χ0) is 17.9. The minimum Gasteiger partial charge on any atom is -0.483 e. The first-order valence-electron chi connectivity index (χ1n) is 8.17. The molecule has 2 amide bonds. The van der Waals surface area contributed by atoms with Crippen LogP contribution < -0.4 is 10.5 Å². The van der Waals surface area contributed by atoms with Crippen LogP contribution in [0.2, 0.25) is 0 Å². The Morgan fingerprint density at radius 3 is 2.58 bits per heavy atom. The lowest BCUT2D eigenvalue weighted by molar-refractivity contribution is -0.136. The van der Waals surface area contributed by atoms with E-state index in [1.165, 1.54) is 0 Å². The number of nitrogens with zero attached hydrogens (tertiary/aromatic N) is 1. The Morgan fingerprint density at radius 1 is 1.33 bits per heavy atom. The highest BCUT2D eigenvalue weighted by Gasteiger charge is 2.52. The molecule has 6 heteroatoms. The maximum absolute atomic E-state index is 12.9. The molecule has 2 N–H and O–H groups in total. The summed E-state index contributed by atoms with van der Waals surface area (Å²) in [6.45, 7) is 6.61. The zero-order valence-electron chi connectivity index (χ0n) is 14.7. The van der Waals surface area contributed by atoms with E-state index in [0.717, 1.165) is 6.42 Å². The van der Waals surface area contributed by atoms with Gasteiger partial charge in [0.05, 0.1) is 11.7 Å². The molecule has 6 nitrogen and oxygen atoms in total. The molecule has 132 valence electrons. The molecule has 0 bridgehead atoms. The van der Waals surface area contributed by atoms with Crippen molar-refractivity contribution in [3.8, 4) is 5.75 Å². The number of hydrogen-bond donors (Lipinski definition) is 1. The van der Waals surface area contributed by atoms with Crippen molar-refractivity contribution in [2.75, 3.05) is 20.3 Å². The summed E-state index contributed by atoms with van der Waals surface area (Å²) in [5.74, 6) is -0.347. The predicted octanol–water partition coefficient (Wildman–Crippen LogP) is 1.83. The van der Waals surface area contributed by atoms with E-state index in [1.54, 1.807) is 36.2 Å². The lowest BCUT2D eigenvalue weighted by Gasteiger charge is -2.54. The van der Waals surface area contributed by atoms with Gasteiger partial charge in [0.1, 0.15) is 5.75 Å². The molecule has 1 saturated carbocycles. The van der Waals surface area contributed by atoms with Crippen molar-refractivity contribution < 1.29 is 19.1 Å². The largest absolute Gasteiger partial charge is 0.483 e. The third kappa shape index (κ3) is 3.53. The highest BCUT2D eigenvalue weighted by molar-refractivity contribution is 5.97. The van der Waals surface area contributed by atoms with Crippen LogP contribution in [0.15, 0.2) is 24.3 Å². The van der Waals surface area contributed by atoms with Gasteiger partial charge >= 0.3 is 0 Å². The number of hydrogen-bond acceptors (Lipinski definition) is 4.